The van der Waals surface area contributed by atoms with Crippen molar-refractivity contribution in [2.24, 2.45) is 0 Å². The minimum Gasteiger partial charge on any atom is -0.301 e. The van der Waals surface area contributed by atoms with E-state index >= 15 is 0 Å². The maximum atomic E-state index is 3.56. The Morgan fingerprint density at radius 2 is 1.48 bits per heavy atom. The van der Waals surface area contributed by atoms with Gasteiger partial charge in [0.1, 0.15) is 0 Å². The molecule has 0 spiro atoms. The molecular formula is C20H25BrN2. The lowest BCUT2D eigenvalue weighted by atomic mass is 10.1. The molecule has 0 bridgehead atoms. The highest BCUT2D eigenvalue weighted by atomic mass is 79.9. The van der Waals surface area contributed by atoms with Crippen molar-refractivity contribution in [1.29, 1.82) is 0 Å². The minimum atomic E-state index is 1.07. The Bertz CT molecular complexity index is 592. The quantitative estimate of drug-likeness (QED) is 0.749. The average molecular weight is 373 g/mol. The molecule has 0 unspecified atom stereocenters. The largest absolute Gasteiger partial charge is 0.301 e. The van der Waals surface area contributed by atoms with Crippen LogP contribution in [-0.2, 0) is 13.0 Å². The number of rotatable bonds is 6. The molecule has 1 heterocycles. The predicted molar refractivity (Wildman–Crippen MR) is 101 cm³/mol. The second-order valence-electron chi connectivity index (χ2n) is 6.34. The third-order valence-corrected chi connectivity index (χ3v) is 5.04. The van der Waals surface area contributed by atoms with Crippen molar-refractivity contribution in [2.45, 2.75) is 19.4 Å². The molecule has 1 fully saturated rings. The minimum absolute atomic E-state index is 1.07. The van der Waals surface area contributed by atoms with Crippen molar-refractivity contribution in [3.05, 3.63) is 70.2 Å². The van der Waals surface area contributed by atoms with Crippen LogP contribution < -0.4 is 0 Å². The topological polar surface area (TPSA) is 6.48 Å². The van der Waals surface area contributed by atoms with E-state index in [1.807, 2.05) is 0 Å². The molecule has 3 heteroatoms. The van der Waals surface area contributed by atoms with Crippen molar-refractivity contribution in [3.8, 4) is 0 Å². The number of benzene rings is 2. The fourth-order valence-electron chi connectivity index (χ4n) is 3.22. The Kier molecular flexibility index (Phi) is 6.26. The van der Waals surface area contributed by atoms with E-state index in [2.05, 4.69) is 80.3 Å². The van der Waals surface area contributed by atoms with E-state index < -0.39 is 0 Å². The van der Waals surface area contributed by atoms with E-state index in [9.17, 15) is 0 Å². The Morgan fingerprint density at radius 1 is 0.783 bits per heavy atom. The highest BCUT2D eigenvalue weighted by Gasteiger charge is 2.16. The molecule has 23 heavy (non-hydrogen) atoms. The zero-order valence-electron chi connectivity index (χ0n) is 13.6. The molecular weight excluding hydrogens is 348 g/mol. The van der Waals surface area contributed by atoms with E-state index in [-0.39, 0.29) is 0 Å². The van der Waals surface area contributed by atoms with Gasteiger partial charge in [-0.25, -0.2) is 0 Å². The number of hydrogen-bond donors (Lipinski definition) is 0. The number of piperazine rings is 1. The van der Waals surface area contributed by atoms with Crippen LogP contribution >= 0.6 is 15.9 Å². The monoisotopic (exact) mass is 372 g/mol. The van der Waals surface area contributed by atoms with Gasteiger partial charge in [-0.3, -0.25) is 4.90 Å². The summed E-state index contributed by atoms with van der Waals surface area (Å²) in [6.45, 7) is 7.04. The summed E-state index contributed by atoms with van der Waals surface area (Å²) in [7, 11) is 0. The van der Waals surface area contributed by atoms with Gasteiger partial charge < -0.3 is 4.90 Å². The van der Waals surface area contributed by atoms with Gasteiger partial charge in [-0.05, 0) is 42.6 Å². The van der Waals surface area contributed by atoms with Gasteiger partial charge in [-0.1, -0.05) is 58.4 Å². The first-order valence-corrected chi connectivity index (χ1v) is 9.32. The molecule has 3 rings (SSSR count). The zero-order chi connectivity index (χ0) is 15.9. The van der Waals surface area contributed by atoms with Crippen LogP contribution in [0.2, 0.25) is 0 Å². The molecule has 2 aromatic rings. The molecule has 0 N–H and O–H groups in total. The summed E-state index contributed by atoms with van der Waals surface area (Å²) in [5, 5.41) is 0. The van der Waals surface area contributed by atoms with Crippen molar-refractivity contribution < 1.29 is 0 Å². The molecule has 1 aliphatic heterocycles. The normalized spacial score (nSPS) is 16.6. The highest BCUT2D eigenvalue weighted by molar-refractivity contribution is 9.10. The summed E-state index contributed by atoms with van der Waals surface area (Å²) >= 11 is 3.56. The van der Waals surface area contributed by atoms with Crippen LogP contribution in [0.25, 0.3) is 0 Å². The van der Waals surface area contributed by atoms with E-state index in [1.165, 1.54) is 61.2 Å². The summed E-state index contributed by atoms with van der Waals surface area (Å²) in [5.74, 6) is 0. The van der Waals surface area contributed by atoms with Gasteiger partial charge in [0.25, 0.3) is 0 Å². The average Bonchev–Trinajstić information content (AvgIpc) is 2.58. The molecule has 0 amide bonds. The molecule has 0 aromatic heterocycles. The molecule has 0 radical (unpaired) electrons. The molecule has 0 aliphatic carbocycles. The van der Waals surface area contributed by atoms with Crippen LogP contribution in [0.3, 0.4) is 0 Å². The maximum Gasteiger partial charge on any atom is 0.0235 e. The van der Waals surface area contributed by atoms with Gasteiger partial charge in [-0.15, -0.1) is 0 Å². The van der Waals surface area contributed by atoms with Gasteiger partial charge in [0.15, 0.2) is 0 Å². The second-order valence-corrected chi connectivity index (χ2v) is 7.25. The Hall–Kier alpha value is -1.16. The van der Waals surface area contributed by atoms with E-state index in [0.717, 1.165) is 6.54 Å². The molecule has 0 atom stereocenters. The van der Waals surface area contributed by atoms with Crippen LogP contribution in [0.1, 0.15) is 17.5 Å². The number of halogens is 1. The van der Waals surface area contributed by atoms with Crippen LogP contribution in [0.4, 0.5) is 0 Å². The van der Waals surface area contributed by atoms with Crippen molar-refractivity contribution >= 4 is 15.9 Å². The van der Waals surface area contributed by atoms with Gasteiger partial charge in [0.05, 0.1) is 0 Å². The number of nitrogens with zero attached hydrogens (tertiary/aromatic N) is 2. The van der Waals surface area contributed by atoms with Crippen molar-refractivity contribution in [3.63, 3.8) is 0 Å². The van der Waals surface area contributed by atoms with Crippen molar-refractivity contribution in [1.82, 2.24) is 9.80 Å². The highest BCUT2D eigenvalue weighted by Crippen LogP contribution is 2.15. The standard InChI is InChI=1S/C20H25BrN2/c21-20-10-4-8-19(16-20)17-23-14-12-22(13-15-23)11-5-9-18-6-2-1-3-7-18/h1-4,6-8,10,16H,5,9,11-15,17H2. The molecule has 2 aromatic carbocycles. The Morgan fingerprint density at radius 3 is 2.22 bits per heavy atom. The first-order chi connectivity index (χ1) is 11.3. The molecule has 2 nitrogen and oxygen atoms in total. The third-order valence-electron chi connectivity index (χ3n) is 4.54. The summed E-state index contributed by atoms with van der Waals surface area (Å²) in [6.07, 6.45) is 2.45. The zero-order valence-corrected chi connectivity index (χ0v) is 15.2. The Labute approximate surface area is 148 Å². The van der Waals surface area contributed by atoms with Crippen LogP contribution in [0.5, 0.6) is 0 Å². The first-order valence-electron chi connectivity index (χ1n) is 8.53. The lowest BCUT2D eigenvalue weighted by Crippen LogP contribution is -2.46. The van der Waals surface area contributed by atoms with E-state index in [1.54, 1.807) is 0 Å². The number of aryl methyl sites for hydroxylation is 1. The fraction of sp³-hybridized carbons (Fsp3) is 0.400. The lowest BCUT2D eigenvalue weighted by Gasteiger charge is -2.34. The first kappa shape index (κ1) is 16.7. The molecule has 122 valence electrons. The van der Waals surface area contributed by atoms with Crippen LogP contribution in [-0.4, -0.2) is 42.5 Å². The van der Waals surface area contributed by atoms with Crippen LogP contribution in [0, 0.1) is 0 Å². The van der Waals surface area contributed by atoms with E-state index in [0.29, 0.717) is 0 Å². The van der Waals surface area contributed by atoms with Crippen molar-refractivity contribution in [2.75, 3.05) is 32.7 Å². The second kappa shape index (κ2) is 8.62. The van der Waals surface area contributed by atoms with Crippen LogP contribution in [0.15, 0.2) is 59.1 Å². The Balaban J connectivity index is 1.37. The van der Waals surface area contributed by atoms with E-state index in [4.69, 9.17) is 0 Å². The summed E-state index contributed by atoms with van der Waals surface area (Å²) in [6, 6.07) is 19.5. The molecule has 0 saturated carbocycles. The van der Waals surface area contributed by atoms with Gasteiger partial charge in [0.2, 0.25) is 0 Å². The maximum absolute atomic E-state index is 3.56. The lowest BCUT2D eigenvalue weighted by molar-refractivity contribution is 0.126. The summed E-state index contributed by atoms with van der Waals surface area (Å²) in [4.78, 5) is 5.18. The third kappa shape index (κ3) is 5.45. The van der Waals surface area contributed by atoms with Gasteiger partial charge in [-0.2, -0.15) is 0 Å². The summed E-state index contributed by atoms with van der Waals surface area (Å²) < 4.78 is 1.18. The predicted octanol–water partition coefficient (Wildman–Crippen LogP) is 4.20. The molecule has 1 saturated heterocycles. The fourth-order valence-corrected chi connectivity index (χ4v) is 3.66. The molecule has 1 aliphatic rings. The number of hydrogen-bond acceptors (Lipinski definition) is 2. The van der Waals surface area contributed by atoms with Gasteiger partial charge >= 0.3 is 0 Å². The SMILES string of the molecule is Brc1cccc(CN2CCN(CCCc3ccccc3)CC2)c1. The van der Waals surface area contributed by atoms with Gasteiger partial charge in [0, 0.05) is 37.2 Å². The smallest absolute Gasteiger partial charge is 0.0235 e. The summed E-state index contributed by atoms with van der Waals surface area (Å²) in [5.41, 5.74) is 2.86.